The summed E-state index contributed by atoms with van der Waals surface area (Å²) in [6.07, 6.45) is 4.40. The summed E-state index contributed by atoms with van der Waals surface area (Å²) in [5.74, 6) is 0. The molecule has 0 spiro atoms. The molecule has 20 heavy (non-hydrogen) atoms. The molecule has 2 rings (SSSR count). The van der Waals surface area contributed by atoms with Crippen molar-refractivity contribution in [1.29, 1.82) is 0 Å². The SMILES string of the molecule is CCC(N=Nc1cccc(C)c1)c1cnnc(SC)n1. The van der Waals surface area contributed by atoms with E-state index in [1.54, 1.807) is 6.20 Å². The molecule has 0 radical (unpaired) electrons. The van der Waals surface area contributed by atoms with Crippen molar-refractivity contribution >= 4 is 17.4 Å². The van der Waals surface area contributed by atoms with Crippen LogP contribution in [0.5, 0.6) is 0 Å². The Labute approximate surface area is 123 Å². The minimum Gasteiger partial charge on any atom is -0.222 e. The van der Waals surface area contributed by atoms with Gasteiger partial charge in [-0.05, 0) is 37.3 Å². The lowest BCUT2D eigenvalue weighted by Gasteiger charge is -2.07. The molecular formula is C14H17N5S. The average Bonchev–Trinajstić information content (AvgIpc) is 2.48. The van der Waals surface area contributed by atoms with Gasteiger partial charge in [0.25, 0.3) is 0 Å². The molecule has 104 valence electrons. The number of benzene rings is 1. The predicted molar refractivity (Wildman–Crippen MR) is 80.3 cm³/mol. The van der Waals surface area contributed by atoms with Crippen molar-refractivity contribution in [2.75, 3.05) is 6.26 Å². The third kappa shape index (κ3) is 3.84. The molecule has 0 aliphatic carbocycles. The van der Waals surface area contributed by atoms with Gasteiger partial charge in [0, 0.05) is 0 Å². The van der Waals surface area contributed by atoms with Crippen LogP contribution in [0.3, 0.4) is 0 Å². The van der Waals surface area contributed by atoms with Crippen molar-refractivity contribution in [3.8, 4) is 0 Å². The topological polar surface area (TPSA) is 63.4 Å². The van der Waals surface area contributed by atoms with Crippen molar-refractivity contribution in [2.24, 2.45) is 10.2 Å². The van der Waals surface area contributed by atoms with E-state index in [2.05, 4.69) is 32.3 Å². The van der Waals surface area contributed by atoms with Gasteiger partial charge in [-0.3, -0.25) is 0 Å². The number of nitrogens with zero attached hydrogens (tertiary/aromatic N) is 5. The molecule has 1 aromatic carbocycles. The molecular weight excluding hydrogens is 270 g/mol. The highest BCUT2D eigenvalue weighted by Crippen LogP contribution is 2.23. The first-order chi connectivity index (χ1) is 9.72. The van der Waals surface area contributed by atoms with E-state index < -0.39 is 0 Å². The van der Waals surface area contributed by atoms with Gasteiger partial charge in [-0.1, -0.05) is 30.8 Å². The van der Waals surface area contributed by atoms with Gasteiger partial charge < -0.3 is 0 Å². The Hall–Kier alpha value is -1.82. The minimum atomic E-state index is -0.0862. The minimum absolute atomic E-state index is 0.0862. The predicted octanol–water partition coefficient (Wildman–Crippen LogP) is 4.14. The van der Waals surface area contributed by atoms with Gasteiger partial charge >= 0.3 is 0 Å². The fourth-order valence-electron chi connectivity index (χ4n) is 1.72. The van der Waals surface area contributed by atoms with Gasteiger partial charge in [0.15, 0.2) is 0 Å². The lowest BCUT2D eigenvalue weighted by atomic mass is 10.2. The zero-order valence-electron chi connectivity index (χ0n) is 11.8. The van der Waals surface area contributed by atoms with Crippen LogP contribution in [0.2, 0.25) is 0 Å². The summed E-state index contributed by atoms with van der Waals surface area (Å²) in [6, 6.07) is 7.87. The van der Waals surface area contributed by atoms with E-state index in [1.165, 1.54) is 17.3 Å². The van der Waals surface area contributed by atoms with E-state index >= 15 is 0 Å². The fraction of sp³-hybridized carbons (Fsp3) is 0.357. The van der Waals surface area contributed by atoms with Crippen molar-refractivity contribution < 1.29 is 0 Å². The Kier molecular flexibility index (Phi) is 5.17. The van der Waals surface area contributed by atoms with Crippen LogP contribution in [0, 0.1) is 6.92 Å². The summed E-state index contributed by atoms with van der Waals surface area (Å²) in [5.41, 5.74) is 2.83. The number of rotatable bonds is 5. The first kappa shape index (κ1) is 14.6. The molecule has 2 aromatic rings. The highest BCUT2D eigenvalue weighted by atomic mass is 32.2. The van der Waals surface area contributed by atoms with Crippen LogP contribution in [-0.2, 0) is 0 Å². The molecule has 6 heteroatoms. The summed E-state index contributed by atoms with van der Waals surface area (Å²) < 4.78 is 0. The molecule has 0 aliphatic heterocycles. The maximum atomic E-state index is 4.43. The van der Waals surface area contributed by atoms with Gasteiger partial charge in [-0.2, -0.15) is 15.3 Å². The van der Waals surface area contributed by atoms with Gasteiger partial charge in [-0.25, -0.2) is 4.98 Å². The molecule has 1 atom stereocenters. The molecule has 1 aromatic heterocycles. The van der Waals surface area contributed by atoms with Crippen molar-refractivity contribution in [2.45, 2.75) is 31.5 Å². The monoisotopic (exact) mass is 287 g/mol. The smallest absolute Gasteiger partial charge is 0.209 e. The molecule has 5 nitrogen and oxygen atoms in total. The van der Waals surface area contributed by atoms with Gasteiger partial charge in [0.05, 0.1) is 17.6 Å². The number of aryl methyl sites for hydroxylation is 1. The lowest BCUT2D eigenvalue weighted by molar-refractivity contribution is 0.619. The van der Waals surface area contributed by atoms with Gasteiger partial charge in [0.1, 0.15) is 6.04 Å². The van der Waals surface area contributed by atoms with Crippen LogP contribution < -0.4 is 0 Å². The third-order valence-corrected chi connectivity index (χ3v) is 3.32. The van der Waals surface area contributed by atoms with Crippen molar-refractivity contribution in [3.05, 3.63) is 41.7 Å². The second-order valence-electron chi connectivity index (χ2n) is 4.35. The Morgan fingerprint density at radius 2 is 2.20 bits per heavy atom. The van der Waals surface area contributed by atoms with Crippen molar-refractivity contribution in [1.82, 2.24) is 15.2 Å². The lowest BCUT2D eigenvalue weighted by Crippen LogP contribution is -2.01. The fourth-order valence-corrected chi connectivity index (χ4v) is 2.05. The normalized spacial score (nSPS) is 12.8. The number of azo groups is 1. The highest BCUT2D eigenvalue weighted by Gasteiger charge is 2.11. The molecule has 0 N–H and O–H groups in total. The Morgan fingerprint density at radius 1 is 1.35 bits per heavy atom. The molecule has 0 saturated heterocycles. The van der Waals surface area contributed by atoms with E-state index in [0.717, 1.165) is 17.8 Å². The third-order valence-electron chi connectivity index (χ3n) is 2.78. The summed E-state index contributed by atoms with van der Waals surface area (Å²) in [4.78, 5) is 4.43. The number of thioether (sulfide) groups is 1. The van der Waals surface area contributed by atoms with E-state index in [-0.39, 0.29) is 6.04 Å². The number of aromatic nitrogens is 3. The van der Waals surface area contributed by atoms with Crippen LogP contribution in [0.15, 0.2) is 45.8 Å². The zero-order valence-corrected chi connectivity index (χ0v) is 12.6. The van der Waals surface area contributed by atoms with Gasteiger partial charge in [-0.15, -0.1) is 5.10 Å². The highest BCUT2D eigenvalue weighted by molar-refractivity contribution is 7.98. The second-order valence-corrected chi connectivity index (χ2v) is 5.12. The second kappa shape index (κ2) is 7.09. The van der Waals surface area contributed by atoms with Gasteiger partial charge in [0.2, 0.25) is 5.16 Å². The first-order valence-electron chi connectivity index (χ1n) is 6.44. The zero-order chi connectivity index (χ0) is 14.4. The van der Waals surface area contributed by atoms with E-state index in [0.29, 0.717) is 5.16 Å². The van der Waals surface area contributed by atoms with E-state index in [9.17, 15) is 0 Å². The van der Waals surface area contributed by atoms with Crippen LogP contribution in [0.1, 0.15) is 30.6 Å². The first-order valence-corrected chi connectivity index (χ1v) is 7.66. The molecule has 0 aliphatic rings. The largest absolute Gasteiger partial charge is 0.222 e. The average molecular weight is 287 g/mol. The van der Waals surface area contributed by atoms with E-state index in [1.807, 2.05) is 37.4 Å². The standard InChI is InChI=1S/C14H17N5S/c1-4-12(13-9-15-19-14(16-13)20-3)18-17-11-7-5-6-10(2)8-11/h5-9,12H,4H2,1-3H3. The molecule has 1 heterocycles. The van der Waals surface area contributed by atoms with Crippen LogP contribution >= 0.6 is 11.8 Å². The Balaban J connectivity index is 2.19. The number of hydrogen-bond donors (Lipinski definition) is 0. The summed E-state index contributed by atoms with van der Waals surface area (Å²) in [7, 11) is 0. The summed E-state index contributed by atoms with van der Waals surface area (Å²) in [6.45, 7) is 4.09. The van der Waals surface area contributed by atoms with Crippen LogP contribution in [0.4, 0.5) is 5.69 Å². The summed E-state index contributed by atoms with van der Waals surface area (Å²) >= 11 is 1.47. The van der Waals surface area contributed by atoms with Crippen LogP contribution in [-0.4, -0.2) is 21.4 Å². The quantitative estimate of drug-likeness (QED) is 0.612. The maximum absolute atomic E-state index is 4.43. The van der Waals surface area contributed by atoms with E-state index in [4.69, 9.17) is 0 Å². The molecule has 0 bridgehead atoms. The van der Waals surface area contributed by atoms with Crippen LogP contribution in [0.25, 0.3) is 0 Å². The molecule has 1 unspecified atom stereocenters. The molecule has 0 saturated carbocycles. The Bertz CT molecular complexity index is 600. The summed E-state index contributed by atoms with van der Waals surface area (Å²) in [5, 5.41) is 17.2. The molecule has 0 amide bonds. The van der Waals surface area contributed by atoms with Crippen molar-refractivity contribution in [3.63, 3.8) is 0 Å². The number of hydrogen-bond acceptors (Lipinski definition) is 6. The Morgan fingerprint density at radius 3 is 2.90 bits per heavy atom. The maximum Gasteiger partial charge on any atom is 0.209 e. The molecule has 0 fully saturated rings.